The topological polar surface area (TPSA) is 32.5 Å². The Morgan fingerprint density at radius 1 is 1.19 bits per heavy atom. The largest absolute Gasteiger partial charge is 0.326 e. The predicted molar refractivity (Wildman–Crippen MR) is 68.5 cm³/mol. The highest BCUT2D eigenvalue weighted by Gasteiger charge is 2.32. The lowest BCUT2D eigenvalue weighted by molar-refractivity contribution is 0.0556. The Morgan fingerprint density at radius 2 is 2.00 bits per heavy atom. The lowest BCUT2D eigenvalue weighted by Gasteiger charge is -2.45. The summed E-state index contributed by atoms with van der Waals surface area (Å²) in [5.41, 5.74) is 6.30. The molecule has 3 unspecified atom stereocenters. The quantitative estimate of drug-likeness (QED) is 0.765. The highest BCUT2D eigenvalue weighted by molar-refractivity contribution is 4.91. The van der Waals surface area contributed by atoms with Crippen molar-refractivity contribution in [1.82, 2.24) is 9.80 Å². The molecule has 3 nitrogen and oxygen atoms in total. The first kappa shape index (κ1) is 12.3. The molecule has 0 radical (unpaired) electrons. The number of piperidine rings is 2. The standard InChI is InChI=1S/C13H27N3/c1-3-15-8-6-12(14)13(10-15)16-7-4-5-11(2)9-16/h11-13H,3-10,14H2,1-2H3. The summed E-state index contributed by atoms with van der Waals surface area (Å²) in [6, 6.07) is 1.00. The van der Waals surface area contributed by atoms with Crippen molar-refractivity contribution in [2.24, 2.45) is 11.7 Å². The first-order valence-corrected chi connectivity index (χ1v) is 6.92. The highest BCUT2D eigenvalue weighted by Crippen LogP contribution is 2.22. The summed E-state index contributed by atoms with van der Waals surface area (Å²) in [6.07, 6.45) is 3.93. The van der Waals surface area contributed by atoms with Crippen LogP contribution in [0.1, 0.15) is 33.1 Å². The van der Waals surface area contributed by atoms with E-state index < -0.39 is 0 Å². The van der Waals surface area contributed by atoms with Crippen molar-refractivity contribution >= 4 is 0 Å². The molecule has 0 spiro atoms. The van der Waals surface area contributed by atoms with Gasteiger partial charge in [0.25, 0.3) is 0 Å². The number of nitrogens with two attached hydrogens (primary N) is 1. The van der Waals surface area contributed by atoms with Crippen LogP contribution in [-0.2, 0) is 0 Å². The van der Waals surface area contributed by atoms with E-state index in [2.05, 4.69) is 23.6 Å². The molecular weight excluding hydrogens is 198 g/mol. The molecular formula is C13H27N3. The van der Waals surface area contributed by atoms with Gasteiger partial charge in [-0.2, -0.15) is 0 Å². The minimum atomic E-state index is 0.396. The second-order valence-electron chi connectivity index (χ2n) is 5.66. The zero-order chi connectivity index (χ0) is 11.5. The van der Waals surface area contributed by atoms with Gasteiger partial charge in [0.15, 0.2) is 0 Å². The van der Waals surface area contributed by atoms with Crippen molar-refractivity contribution < 1.29 is 0 Å². The molecule has 16 heavy (non-hydrogen) atoms. The summed E-state index contributed by atoms with van der Waals surface area (Å²) < 4.78 is 0. The molecule has 2 saturated heterocycles. The lowest BCUT2D eigenvalue weighted by Crippen LogP contribution is -2.59. The fraction of sp³-hybridized carbons (Fsp3) is 1.00. The summed E-state index contributed by atoms with van der Waals surface area (Å²) in [5, 5.41) is 0. The van der Waals surface area contributed by atoms with E-state index in [9.17, 15) is 0 Å². The Labute approximate surface area is 100.0 Å². The number of hydrogen-bond donors (Lipinski definition) is 1. The van der Waals surface area contributed by atoms with Gasteiger partial charge in [0.1, 0.15) is 0 Å². The average molecular weight is 225 g/mol. The molecule has 2 aliphatic heterocycles. The first-order chi connectivity index (χ1) is 7.70. The summed E-state index contributed by atoms with van der Waals surface area (Å²) in [4.78, 5) is 5.20. The third-order valence-electron chi connectivity index (χ3n) is 4.32. The molecule has 0 amide bonds. The van der Waals surface area contributed by atoms with Gasteiger partial charge in [0, 0.05) is 25.2 Å². The number of nitrogens with zero attached hydrogens (tertiary/aromatic N) is 2. The molecule has 3 heteroatoms. The van der Waals surface area contributed by atoms with Gasteiger partial charge in [0.2, 0.25) is 0 Å². The van der Waals surface area contributed by atoms with Crippen LogP contribution in [-0.4, -0.2) is 54.6 Å². The number of likely N-dealkylation sites (N-methyl/N-ethyl adjacent to an activating group) is 1. The van der Waals surface area contributed by atoms with Crippen molar-refractivity contribution in [2.75, 3.05) is 32.7 Å². The van der Waals surface area contributed by atoms with Crippen LogP contribution in [0.3, 0.4) is 0 Å². The molecule has 0 aromatic heterocycles. The van der Waals surface area contributed by atoms with Crippen molar-refractivity contribution in [3.05, 3.63) is 0 Å². The molecule has 94 valence electrons. The maximum absolute atomic E-state index is 6.30. The van der Waals surface area contributed by atoms with Crippen LogP contribution in [0.2, 0.25) is 0 Å². The lowest BCUT2D eigenvalue weighted by atomic mass is 9.93. The van der Waals surface area contributed by atoms with Gasteiger partial charge in [0.05, 0.1) is 0 Å². The minimum absolute atomic E-state index is 0.396. The van der Waals surface area contributed by atoms with E-state index in [1.54, 1.807) is 0 Å². The maximum Gasteiger partial charge on any atom is 0.0375 e. The van der Waals surface area contributed by atoms with Gasteiger partial charge in [-0.15, -0.1) is 0 Å². The fourth-order valence-electron chi connectivity index (χ4n) is 3.22. The fourth-order valence-corrected chi connectivity index (χ4v) is 3.22. The van der Waals surface area contributed by atoms with Gasteiger partial charge in [-0.1, -0.05) is 13.8 Å². The van der Waals surface area contributed by atoms with Crippen LogP contribution in [0.4, 0.5) is 0 Å². The van der Waals surface area contributed by atoms with E-state index in [0.29, 0.717) is 12.1 Å². The summed E-state index contributed by atoms with van der Waals surface area (Å²) >= 11 is 0. The number of hydrogen-bond acceptors (Lipinski definition) is 3. The molecule has 0 saturated carbocycles. The third kappa shape index (κ3) is 2.76. The van der Waals surface area contributed by atoms with Crippen LogP contribution in [0.25, 0.3) is 0 Å². The molecule has 2 aliphatic rings. The summed E-state index contributed by atoms with van der Waals surface area (Å²) in [5.74, 6) is 0.859. The molecule has 2 heterocycles. The Bertz CT molecular complexity index is 219. The number of likely N-dealkylation sites (tertiary alicyclic amines) is 2. The Hall–Kier alpha value is -0.120. The predicted octanol–water partition coefficient (Wildman–Crippen LogP) is 1.14. The van der Waals surface area contributed by atoms with E-state index in [4.69, 9.17) is 5.73 Å². The maximum atomic E-state index is 6.30. The van der Waals surface area contributed by atoms with Gasteiger partial charge in [-0.25, -0.2) is 0 Å². The van der Waals surface area contributed by atoms with E-state index >= 15 is 0 Å². The van der Waals surface area contributed by atoms with E-state index in [0.717, 1.165) is 5.92 Å². The van der Waals surface area contributed by atoms with Crippen LogP contribution in [0.5, 0.6) is 0 Å². The van der Waals surface area contributed by atoms with Gasteiger partial charge in [-0.05, 0) is 44.8 Å². The zero-order valence-electron chi connectivity index (χ0n) is 10.9. The minimum Gasteiger partial charge on any atom is -0.326 e. The monoisotopic (exact) mass is 225 g/mol. The summed E-state index contributed by atoms with van der Waals surface area (Å²) in [6.45, 7) is 10.7. The van der Waals surface area contributed by atoms with Crippen molar-refractivity contribution in [3.8, 4) is 0 Å². The van der Waals surface area contributed by atoms with Gasteiger partial charge < -0.3 is 10.6 Å². The molecule has 0 aliphatic carbocycles. The molecule has 2 N–H and O–H groups in total. The molecule has 2 rings (SSSR count). The van der Waals surface area contributed by atoms with Gasteiger partial charge >= 0.3 is 0 Å². The van der Waals surface area contributed by atoms with Crippen LogP contribution in [0, 0.1) is 5.92 Å². The van der Waals surface area contributed by atoms with Crippen LogP contribution >= 0.6 is 0 Å². The molecule has 0 aromatic carbocycles. The normalized spacial score (nSPS) is 38.8. The van der Waals surface area contributed by atoms with E-state index in [1.165, 1.54) is 52.0 Å². The summed E-state index contributed by atoms with van der Waals surface area (Å²) in [7, 11) is 0. The Kier molecular flexibility index (Phi) is 4.22. The van der Waals surface area contributed by atoms with Crippen molar-refractivity contribution in [1.29, 1.82) is 0 Å². The smallest absolute Gasteiger partial charge is 0.0375 e. The van der Waals surface area contributed by atoms with Crippen molar-refractivity contribution in [2.45, 2.75) is 45.2 Å². The van der Waals surface area contributed by atoms with Crippen molar-refractivity contribution in [3.63, 3.8) is 0 Å². The SMILES string of the molecule is CCN1CCC(N)C(N2CCCC(C)C2)C1. The zero-order valence-corrected chi connectivity index (χ0v) is 10.9. The highest BCUT2D eigenvalue weighted by atomic mass is 15.3. The Morgan fingerprint density at radius 3 is 2.69 bits per heavy atom. The van der Waals surface area contributed by atoms with E-state index in [1.807, 2.05) is 0 Å². The van der Waals surface area contributed by atoms with Crippen LogP contribution < -0.4 is 5.73 Å². The first-order valence-electron chi connectivity index (χ1n) is 6.92. The average Bonchev–Trinajstić information content (AvgIpc) is 2.30. The molecule has 2 fully saturated rings. The second-order valence-corrected chi connectivity index (χ2v) is 5.66. The molecule has 3 atom stereocenters. The van der Waals surface area contributed by atoms with E-state index in [-0.39, 0.29) is 0 Å². The third-order valence-corrected chi connectivity index (χ3v) is 4.32. The number of rotatable bonds is 2. The second kappa shape index (κ2) is 5.48. The van der Waals surface area contributed by atoms with Gasteiger partial charge in [-0.3, -0.25) is 4.90 Å². The van der Waals surface area contributed by atoms with Crippen LogP contribution in [0.15, 0.2) is 0 Å². The molecule has 0 bridgehead atoms. The molecule has 0 aromatic rings. The Balaban J connectivity index is 1.94.